The van der Waals surface area contributed by atoms with E-state index in [0.717, 1.165) is 23.6 Å². The number of carbonyl (C=O) groups excluding carboxylic acids is 1. The topological polar surface area (TPSA) is 55.1 Å². The number of nitrogens with one attached hydrogen (secondary N) is 1. The fourth-order valence-electron chi connectivity index (χ4n) is 2.66. The molecule has 1 amide bonds. The van der Waals surface area contributed by atoms with Gasteiger partial charge in [-0.3, -0.25) is 4.79 Å². The van der Waals surface area contributed by atoms with E-state index < -0.39 is 0 Å². The third-order valence-electron chi connectivity index (χ3n) is 3.93. The molecule has 0 radical (unpaired) electrons. The lowest BCUT2D eigenvalue weighted by Crippen LogP contribution is -2.31. The number of carbonyl (C=O) groups is 1. The van der Waals surface area contributed by atoms with E-state index in [1.54, 1.807) is 10.9 Å². The van der Waals surface area contributed by atoms with Crippen molar-refractivity contribution in [1.29, 1.82) is 0 Å². The zero-order valence-corrected chi connectivity index (χ0v) is 14.8. The van der Waals surface area contributed by atoms with Crippen LogP contribution in [-0.2, 0) is 0 Å². The molecule has 6 nitrogen and oxygen atoms in total. The smallest absolute Gasteiger partial charge is 0.256 e. The third kappa shape index (κ3) is 3.80. The van der Waals surface area contributed by atoms with Crippen LogP contribution in [-0.4, -0.2) is 52.3 Å². The van der Waals surface area contributed by atoms with Gasteiger partial charge in [0.25, 0.3) is 5.91 Å². The Bertz CT molecular complexity index is 849. The average Bonchev–Trinajstić information content (AvgIpc) is 3.23. The molecule has 0 aliphatic heterocycles. The van der Waals surface area contributed by atoms with Crippen molar-refractivity contribution in [3.8, 4) is 11.5 Å². The first-order valence-corrected chi connectivity index (χ1v) is 8.27. The Labute approximate surface area is 147 Å². The fourth-order valence-corrected chi connectivity index (χ4v) is 2.66. The van der Waals surface area contributed by atoms with Crippen molar-refractivity contribution < 1.29 is 4.79 Å². The number of hydrogen-bond donors (Lipinski definition) is 1. The van der Waals surface area contributed by atoms with Crippen LogP contribution in [0.15, 0.2) is 55.0 Å². The minimum Gasteiger partial charge on any atom is -0.351 e. The van der Waals surface area contributed by atoms with E-state index in [1.807, 2.05) is 79.3 Å². The summed E-state index contributed by atoms with van der Waals surface area (Å²) in [7, 11) is 3.96. The molecule has 0 spiro atoms. The Balaban J connectivity index is 1.98. The van der Waals surface area contributed by atoms with Gasteiger partial charge in [0.15, 0.2) is 5.82 Å². The van der Waals surface area contributed by atoms with Gasteiger partial charge in [0.1, 0.15) is 5.56 Å². The van der Waals surface area contributed by atoms with E-state index in [9.17, 15) is 4.79 Å². The number of amides is 1. The van der Waals surface area contributed by atoms with E-state index >= 15 is 0 Å². The van der Waals surface area contributed by atoms with E-state index in [-0.39, 0.29) is 5.91 Å². The maximum atomic E-state index is 12.7. The number of benzene rings is 1. The van der Waals surface area contributed by atoms with Gasteiger partial charge in [0, 0.05) is 25.5 Å². The van der Waals surface area contributed by atoms with E-state index in [2.05, 4.69) is 10.4 Å². The molecule has 3 rings (SSSR count). The number of hydrogen-bond acceptors (Lipinski definition) is 3. The summed E-state index contributed by atoms with van der Waals surface area (Å²) in [6, 6.07) is 11.9. The highest BCUT2D eigenvalue weighted by Gasteiger charge is 2.19. The fraction of sp³-hybridized carbons (Fsp3) is 0.263. The lowest BCUT2D eigenvalue weighted by molar-refractivity contribution is 0.0951. The molecule has 3 aromatic rings. The van der Waals surface area contributed by atoms with Crippen LogP contribution in [0.2, 0.25) is 0 Å². The molecule has 25 heavy (non-hydrogen) atoms. The van der Waals surface area contributed by atoms with Crippen molar-refractivity contribution in [2.24, 2.45) is 0 Å². The van der Waals surface area contributed by atoms with E-state index in [4.69, 9.17) is 0 Å². The zero-order valence-electron chi connectivity index (χ0n) is 14.8. The van der Waals surface area contributed by atoms with Crippen molar-refractivity contribution in [2.45, 2.75) is 6.92 Å². The van der Waals surface area contributed by atoms with Crippen LogP contribution in [0.25, 0.3) is 11.5 Å². The van der Waals surface area contributed by atoms with Gasteiger partial charge in [0.2, 0.25) is 0 Å². The second-order valence-electron chi connectivity index (χ2n) is 6.28. The van der Waals surface area contributed by atoms with Crippen molar-refractivity contribution >= 4 is 5.91 Å². The maximum absolute atomic E-state index is 12.7. The molecule has 1 aromatic carbocycles. The number of nitrogens with zero attached hydrogens (tertiary/aromatic N) is 4. The minimum absolute atomic E-state index is 0.121. The molecule has 0 unspecified atom stereocenters. The first kappa shape index (κ1) is 17.0. The molecule has 2 heterocycles. The third-order valence-corrected chi connectivity index (χ3v) is 3.93. The number of likely N-dealkylation sites (N-methyl/N-ethyl adjacent to an activating group) is 1. The van der Waals surface area contributed by atoms with Crippen LogP contribution in [0, 0.1) is 6.92 Å². The molecule has 0 bridgehead atoms. The summed E-state index contributed by atoms with van der Waals surface area (Å²) >= 11 is 0. The van der Waals surface area contributed by atoms with Gasteiger partial charge in [0.05, 0.1) is 11.9 Å². The quantitative estimate of drug-likeness (QED) is 0.751. The number of aromatic nitrogens is 3. The lowest BCUT2D eigenvalue weighted by Gasteiger charge is -2.13. The highest BCUT2D eigenvalue weighted by Crippen LogP contribution is 2.20. The first-order valence-electron chi connectivity index (χ1n) is 8.27. The minimum atomic E-state index is -0.121. The second kappa shape index (κ2) is 7.36. The van der Waals surface area contributed by atoms with Gasteiger partial charge in [-0.2, -0.15) is 5.10 Å². The summed E-state index contributed by atoms with van der Waals surface area (Å²) < 4.78 is 3.71. The number of aryl methyl sites for hydroxylation is 1. The first-order chi connectivity index (χ1) is 12.1. The van der Waals surface area contributed by atoms with E-state index in [0.29, 0.717) is 12.1 Å². The molecular formula is C19H23N5O. The number of rotatable bonds is 6. The summed E-state index contributed by atoms with van der Waals surface area (Å²) in [5.74, 6) is 0.613. The van der Waals surface area contributed by atoms with Crippen LogP contribution in [0.4, 0.5) is 0 Å². The van der Waals surface area contributed by atoms with Crippen LogP contribution in [0.5, 0.6) is 0 Å². The molecule has 1 N–H and O–H groups in total. The highest BCUT2D eigenvalue weighted by molar-refractivity contribution is 5.97. The molecule has 0 aliphatic carbocycles. The van der Waals surface area contributed by atoms with Crippen molar-refractivity contribution in [3.05, 3.63) is 66.1 Å². The summed E-state index contributed by atoms with van der Waals surface area (Å²) in [4.78, 5) is 14.7. The molecule has 0 atom stereocenters. The summed E-state index contributed by atoms with van der Waals surface area (Å²) in [6.07, 6.45) is 5.46. The molecule has 6 heteroatoms. The average molecular weight is 337 g/mol. The monoisotopic (exact) mass is 337 g/mol. The van der Waals surface area contributed by atoms with Gasteiger partial charge in [-0.25, -0.2) is 4.68 Å². The standard InChI is InChI=1S/C19H23N5O/c1-15-7-6-8-16(13-15)24-19(23-10-4-5-11-23)17(14-21-24)18(25)20-9-12-22(2)3/h4-8,10-11,13-14H,9,12H2,1-3H3,(H,20,25). The van der Waals surface area contributed by atoms with E-state index in [1.165, 1.54) is 0 Å². The summed E-state index contributed by atoms with van der Waals surface area (Å²) in [6.45, 7) is 3.42. The molecule has 0 fully saturated rings. The molecule has 130 valence electrons. The second-order valence-corrected chi connectivity index (χ2v) is 6.28. The predicted molar refractivity (Wildman–Crippen MR) is 98.5 cm³/mol. The Morgan fingerprint density at radius 2 is 1.96 bits per heavy atom. The van der Waals surface area contributed by atoms with Crippen LogP contribution in [0.3, 0.4) is 0 Å². The Morgan fingerprint density at radius 1 is 1.20 bits per heavy atom. The van der Waals surface area contributed by atoms with Crippen LogP contribution < -0.4 is 5.32 Å². The van der Waals surface area contributed by atoms with Crippen molar-refractivity contribution in [3.63, 3.8) is 0 Å². The zero-order chi connectivity index (χ0) is 17.8. The van der Waals surface area contributed by atoms with Gasteiger partial charge < -0.3 is 14.8 Å². The maximum Gasteiger partial charge on any atom is 0.256 e. The van der Waals surface area contributed by atoms with Crippen molar-refractivity contribution in [1.82, 2.24) is 24.6 Å². The molecule has 0 saturated heterocycles. The van der Waals surface area contributed by atoms with Gasteiger partial charge in [-0.15, -0.1) is 0 Å². The molecular weight excluding hydrogens is 314 g/mol. The van der Waals surface area contributed by atoms with Crippen molar-refractivity contribution in [2.75, 3.05) is 27.2 Å². The van der Waals surface area contributed by atoms with Gasteiger partial charge >= 0.3 is 0 Å². The Hall–Kier alpha value is -2.86. The Kier molecular flexibility index (Phi) is 5.00. The predicted octanol–water partition coefficient (Wildman–Crippen LogP) is 2.26. The van der Waals surface area contributed by atoms with Gasteiger partial charge in [-0.05, 0) is 50.8 Å². The van der Waals surface area contributed by atoms with Crippen LogP contribution >= 0.6 is 0 Å². The SMILES string of the molecule is Cc1cccc(-n2ncc(C(=O)NCCN(C)C)c2-n2cccc2)c1. The summed E-state index contributed by atoms with van der Waals surface area (Å²) in [5, 5.41) is 7.43. The van der Waals surface area contributed by atoms with Crippen LogP contribution in [0.1, 0.15) is 15.9 Å². The molecule has 0 aliphatic rings. The van der Waals surface area contributed by atoms with Gasteiger partial charge in [-0.1, -0.05) is 12.1 Å². The molecule has 2 aromatic heterocycles. The normalized spacial score (nSPS) is 11.0. The lowest BCUT2D eigenvalue weighted by atomic mass is 10.2. The largest absolute Gasteiger partial charge is 0.351 e. The summed E-state index contributed by atoms with van der Waals surface area (Å²) in [5.41, 5.74) is 2.62. The Morgan fingerprint density at radius 3 is 2.64 bits per heavy atom. The molecule has 0 saturated carbocycles. The highest BCUT2D eigenvalue weighted by atomic mass is 16.1.